The van der Waals surface area contributed by atoms with Crippen LogP contribution in [-0.2, 0) is 5.54 Å². The number of hydrogen-bond acceptors (Lipinski definition) is 3. The molecule has 3 nitrogen and oxygen atoms in total. The number of nitrogens with zero attached hydrogens (tertiary/aromatic N) is 1. The summed E-state index contributed by atoms with van der Waals surface area (Å²) < 4.78 is 69.5. The molecule has 0 radical (unpaired) electrons. The van der Waals surface area contributed by atoms with Gasteiger partial charge in [-0.05, 0) is 43.2 Å². The van der Waals surface area contributed by atoms with Crippen molar-refractivity contribution >= 4 is 28.9 Å². The van der Waals surface area contributed by atoms with Gasteiger partial charge in [0, 0.05) is 33.9 Å². The number of guanidine groups is 1. The van der Waals surface area contributed by atoms with Gasteiger partial charge < -0.3 is 10.6 Å². The summed E-state index contributed by atoms with van der Waals surface area (Å²) in [5.74, 6) is 2.36. The van der Waals surface area contributed by atoms with Gasteiger partial charge in [0.25, 0.3) is 0 Å². The molecule has 2 aromatic carbocycles. The van der Waals surface area contributed by atoms with Crippen molar-refractivity contribution in [3.05, 3.63) is 58.6 Å². The van der Waals surface area contributed by atoms with Crippen molar-refractivity contribution in [3.63, 3.8) is 0 Å². The molecular formula is C20H13ClF5N3. The Labute approximate surface area is 168 Å². The van der Waals surface area contributed by atoms with Gasteiger partial charge in [-0.15, -0.1) is 0 Å². The molecule has 4 rings (SSSR count). The number of nitrogens with one attached hydrogen (secondary N) is 2. The van der Waals surface area contributed by atoms with Gasteiger partial charge in [0.05, 0.1) is 0 Å². The van der Waals surface area contributed by atoms with E-state index in [1.165, 1.54) is 24.3 Å². The van der Waals surface area contributed by atoms with E-state index < -0.39 is 23.3 Å². The lowest BCUT2D eigenvalue weighted by Gasteiger charge is -2.34. The molecule has 1 aliphatic carbocycles. The molecule has 1 fully saturated rings. The topological polar surface area (TPSA) is 36.4 Å². The third-order valence-corrected chi connectivity index (χ3v) is 4.77. The third kappa shape index (κ3) is 3.75. The van der Waals surface area contributed by atoms with Crippen molar-refractivity contribution in [3.8, 4) is 11.8 Å². The summed E-state index contributed by atoms with van der Waals surface area (Å²) in [5, 5.41) is 5.41. The predicted octanol–water partition coefficient (Wildman–Crippen LogP) is 5.68. The molecule has 1 heterocycles. The molecular weight excluding hydrogens is 413 g/mol. The summed E-state index contributed by atoms with van der Waals surface area (Å²) in [4.78, 5) is 3.84. The Bertz CT molecular complexity index is 1070. The quantitative estimate of drug-likeness (QED) is 0.455. The molecule has 0 spiro atoms. The highest BCUT2D eigenvalue weighted by molar-refractivity contribution is 6.30. The first-order chi connectivity index (χ1) is 13.7. The molecule has 0 aromatic heterocycles. The molecule has 0 amide bonds. The van der Waals surface area contributed by atoms with Crippen LogP contribution < -0.4 is 10.6 Å². The summed E-state index contributed by atoms with van der Waals surface area (Å²) in [6.45, 7) is 0. The minimum absolute atomic E-state index is 0.0267. The molecule has 1 aliphatic heterocycles. The van der Waals surface area contributed by atoms with Gasteiger partial charge in [0.1, 0.15) is 0 Å². The zero-order chi connectivity index (χ0) is 20.8. The van der Waals surface area contributed by atoms with Crippen LogP contribution in [0, 0.1) is 29.4 Å². The Morgan fingerprint density at radius 3 is 2.52 bits per heavy atom. The van der Waals surface area contributed by atoms with Crippen LogP contribution in [0.2, 0.25) is 5.02 Å². The summed E-state index contributed by atoms with van der Waals surface area (Å²) in [7, 11) is 0. The molecule has 29 heavy (non-hydrogen) atoms. The van der Waals surface area contributed by atoms with E-state index in [1.807, 2.05) is 0 Å². The molecule has 1 saturated carbocycles. The number of hydrogen-bond donors (Lipinski definition) is 2. The van der Waals surface area contributed by atoms with Gasteiger partial charge in [-0.1, -0.05) is 23.4 Å². The Morgan fingerprint density at radius 2 is 1.86 bits per heavy atom. The summed E-state index contributed by atoms with van der Waals surface area (Å²) >= 11 is 5.94. The van der Waals surface area contributed by atoms with Gasteiger partial charge >= 0.3 is 6.18 Å². The first-order valence-electron chi connectivity index (χ1n) is 8.66. The Morgan fingerprint density at radius 1 is 1.10 bits per heavy atom. The van der Waals surface area contributed by atoms with Crippen molar-refractivity contribution < 1.29 is 22.0 Å². The Balaban J connectivity index is 1.84. The van der Waals surface area contributed by atoms with Gasteiger partial charge in [0.2, 0.25) is 11.5 Å². The second-order valence-electron chi connectivity index (χ2n) is 6.78. The van der Waals surface area contributed by atoms with Gasteiger partial charge in [-0.25, -0.2) is 13.8 Å². The van der Waals surface area contributed by atoms with E-state index in [1.54, 1.807) is 0 Å². The lowest BCUT2D eigenvalue weighted by molar-refractivity contribution is -0.170. The van der Waals surface area contributed by atoms with Crippen LogP contribution in [0.1, 0.15) is 18.4 Å². The van der Waals surface area contributed by atoms with Crippen molar-refractivity contribution in [1.29, 1.82) is 0 Å². The van der Waals surface area contributed by atoms with E-state index in [0.29, 0.717) is 0 Å². The van der Waals surface area contributed by atoms with Crippen molar-refractivity contribution in [2.75, 3.05) is 10.6 Å². The molecule has 0 bridgehead atoms. The second kappa shape index (κ2) is 6.92. The van der Waals surface area contributed by atoms with Gasteiger partial charge in [-0.2, -0.15) is 13.2 Å². The molecule has 9 heteroatoms. The van der Waals surface area contributed by atoms with Crippen LogP contribution in [0.25, 0.3) is 0 Å². The van der Waals surface area contributed by atoms with E-state index in [0.717, 1.165) is 25.0 Å². The van der Waals surface area contributed by atoms with Crippen LogP contribution in [0.15, 0.2) is 41.4 Å². The molecule has 150 valence electrons. The smallest absolute Gasteiger partial charge is 0.326 e. The number of anilines is 2. The molecule has 0 saturated heterocycles. The average Bonchev–Trinajstić information content (AvgIpc) is 3.47. The van der Waals surface area contributed by atoms with Crippen molar-refractivity contribution in [2.45, 2.75) is 24.6 Å². The fourth-order valence-electron chi connectivity index (χ4n) is 2.89. The number of fused-ring (bicyclic) bond motifs is 1. The van der Waals surface area contributed by atoms with Crippen LogP contribution in [-0.4, -0.2) is 12.1 Å². The monoisotopic (exact) mass is 425 g/mol. The largest absolute Gasteiger partial charge is 0.429 e. The summed E-state index contributed by atoms with van der Waals surface area (Å²) in [6.07, 6.45) is -3.37. The predicted molar refractivity (Wildman–Crippen MR) is 101 cm³/mol. The standard InChI is InChI=1S/C20H13ClF5N3/c21-12-3-6-17-14(9-12)19(20(24,25)26,8-7-11-1-2-11)29-18(28-17)27-13-4-5-15(22)16(23)10-13/h3-6,9-11H,1-2H2,(H2,27,28,29). The lowest BCUT2D eigenvalue weighted by Crippen LogP contribution is -2.45. The lowest BCUT2D eigenvalue weighted by atomic mass is 9.87. The molecule has 1 atom stereocenters. The fourth-order valence-corrected chi connectivity index (χ4v) is 3.07. The highest BCUT2D eigenvalue weighted by Gasteiger charge is 2.58. The van der Waals surface area contributed by atoms with Gasteiger partial charge in [-0.3, -0.25) is 0 Å². The maximum Gasteiger partial charge on any atom is 0.429 e. The van der Waals surface area contributed by atoms with Crippen LogP contribution in [0.5, 0.6) is 0 Å². The minimum atomic E-state index is -4.85. The number of halogens is 6. The van der Waals surface area contributed by atoms with E-state index in [4.69, 9.17) is 11.6 Å². The zero-order valence-electron chi connectivity index (χ0n) is 14.7. The van der Waals surface area contributed by atoms with Crippen LogP contribution in [0.4, 0.5) is 33.3 Å². The highest BCUT2D eigenvalue weighted by Crippen LogP contribution is 2.48. The molecule has 2 N–H and O–H groups in total. The summed E-state index contributed by atoms with van der Waals surface area (Å²) in [6, 6.07) is 6.87. The third-order valence-electron chi connectivity index (χ3n) is 4.53. The SMILES string of the molecule is Fc1ccc(NC2=NC(C#CC3CC3)(C(F)(F)F)c3cc(Cl)ccc3N2)cc1F. The van der Waals surface area contributed by atoms with Crippen molar-refractivity contribution in [2.24, 2.45) is 10.9 Å². The zero-order valence-corrected chi connectivity index (χ0v) is 15.4. The Hall–Kier alpha value is -2.79. The van der Waals surface area contributed by atoms with Crippen molar-refractivity contribution in [1.82, 2.24) is 0 Å². The van der Waals surface area contributed by atoms with Crippen LogP contribution >= 0.6 is 11.6 Å². The Kier molecular flexibility index (Phi) is 4.66. The first-order valence-corrected chi connectivity index (χ1v) is 9.04. The minimum Gasteiger partial charge on any atom is -0.326 e. The maximum atomic E-state index is 14.3. The van der Waals surface area contributed by atoms with E-state index in [2.05, 4.69) is 27.5 Å². The van der Waals surface area contributed by atoms with E-state index in [-0.39, 0.29) is 33.8 Å². The fraction of sp³-hybridized carbons (Fsp3) is 0.250. The number of benzene rings is 2. The highest BCUT2D eigenvalue weighted by atomic mass is 35.5. The number of aliphatic imine (C=N–C) groups is 1. The summed E-state index contributed by atoms with van der Waals surface area (Å²) in [5.41, 5.74) is -2.93. The molecule has 2 aliphatic rings. The van der Waals surface area contributed by atoms with E-state index >= 15 is 0 Å². The second-order valence-corrected chi connectivity index (χ2v) is 7.22. The number of rotatable bonds is 1. The molecule has 1 unspecified atom stereocenters. The normalized spacial score (nSPS) is 20.7. The van der Waals surface area contributed by atoms with Gasteiger partial charge in [0.15, 0.2) is 11.6 Å². The molecule has 2 aromatic rings. The number of alkyl halides is 3. The van der Waals surface area contributed by atoms with E-state index in [9.17, 15) is 22.0 Å². The first kappa shape index (κ1) is 19.5. The maximum absolute atomic E-state index is 14.3. The van der Waals surface area contributed by atoms with Crippen LogP contribution in [0.3, 0.4) is 0 Å². The average molecular weight is 426 g/mol.